The fourth-order valence-corrected chi connectivity index (χ4v) is 4.48. The van der Waals surface area contributed by atoms with Gasteiger partial charge < -0.3 is 5.32 Å². The van der Waals surface area contributed by atoms with Crippen LogP contribution in [-0.4, -0.2) is 27.1 Å². The van der Waals surface area contributed by atoms with Gasteiger partial charge in [0.25, 0.3) is 0 Å². The maximum Gasteiger partial charge on any atom is 0.241 e. The highest BCUT2D eigenvalue weighted by Gasteiger charge is 2.23. The molecule has 0 fully saturated rings. The standard InChI is InChI=1S/C23H26N2O3S/c1-16-12-13-20(17(2)14-16)18(3)24-23(26)15-25(29(4,27)28)22-11-7-9-19-8-5-6-10-21(19)22/h5-14,18H,15H2,1-4H3,(H,24,26)/t18-/m1/s1. The molecular formula is C23H26N2O3S. The van der Waals surface area contributed by atoms with E-state index < -0.39 is 10.0 Å². The van der Waals surface area contributed by atoms with Crippen molar-refractivity contribution in [1.29, 1.82) is 0 Å². The maximum atomic E-state index is 12.8. The Bertz CT molecular complexity index is 1150. The summed E-state index contributed by atoms with van der Waals surface area (Å²) >= 11 is 0. The Morgan fingerprint density at radius 1 is 1.03 bits per heavy atom. The van der Waals surface area contributed by atoms with Crippen molar-refractivity contribution in [1.82, 2.24) is 5.32 Å². The van der Waals surface area contributed by atoms with E-state index in [-0.39, 0.29) is 18.5 Å². The number of anilines is 1. The van der Waals surface area contributed by atoms with Crippen molar-refractivity contribution in [3.8, 4) is 0 Å². The van der Waals surface area contributed by atoms with Gasteiger partial charge in [-0.1, -0.05) is 60.2 Å². The fourth-order valence-electron chi connectivity index (χ4n) is 3.61. The molecule has 0 heterocycles. The van der Waals surface area contributed by atoms with Crippen LogP contribution >= 0.6 is 0 Å². The molecule has 5 nitrogen and oxygen atoms in total. The van der Waals surface area contributed by atoms with Crippen LogP contribution in [0.4, 0.5) is 5.69 Å². The van der Waals surface area contributed by atoms with Gasteiger partial charge in [0.1, 0.15) is 6.54 Å². The molecule has 0 bridgehead atoms. The number of sulfonamides is 1. The third kappa shape index (κ3) is 4.77. The molecule has 0 radical (unpaired) electrons. The van der Waals surface area contributed by atoms with E-state index in [9.17, 15) is 13.2 Å². The number of carbonyl (C=O) groups excluding carboxylic acids is 1. The number of benzene rings is 3. The van der Waals surface area contributed by atoms with E-state index in [0.29, 0.717) is 5.69 Å². The molecule has 0 spiro atoms. The Labute approximate surface area is 172 Å². The number of fused-ring (bicyclic) bond motifs is 1. The van der Waals surface area contributed by atoms with Crippen molar-refractivity contribution < 1.29 is 13.2 Å². The van der Waals surface area contributed by atoms with Crippen LogP contribution in [0.3, 0.4) is 0 Å². The Morgan fingerprint density at radius 3 is 2.41 bits per heavy atom. The van der Waals surface area contributed by atoms with Crippen LogP contribution in [0, 0.1) is 13.8 Å². The first-order chi connectivity index (χ1) is 13.7. The van der Waals surface area contributed by atoms with Crippen LogP contribution < -0.4 is 9.62 Å². The van der Waals surface area contributed by atoms with Gasteiger partial charge in [0.15, 0.2) is 0 Å². The van der Waals surface area contributed by atoms with Gasteiger partial charge in [0.2, 0.25) is 15.9 Å². The molecule has 1 N–H and O–H groups in total. The third-order valence-corrected chi connectivity index (χ3v) is 6.12. The van der Waals surface area contributed by atoms with Crippen LogP contribution in [0.15, 0.2) is 60.7 Å². The molecule has 0 aliphatic carbocycles. The molecule has 3 rings (SSSR count). The SMILES string of the molecule is Cc1ccc([C@@H](C)NC(=O)CN(c2cccc3ccccc23)S(C)(=O)=O)c(C)c1. The van der Waals surface area contributed by atoms with E-state index >= 15 is 0 Å². The summed E-state index contributed by atoms with van der Waals surface area (Å²) in [6.45, 7) is 5.65. The van der Waals surface area contributed by atoms with E-state index in [1.54, 1.807) is 12.1 Å². The zero-order chi connectivity index (χ0) is 21.2. The normalized spacial score (nSPS) is 12.6. The van der Waals surface area contributed by atoms with Crippen molar-refractivity contribution in [2.75, 3.05) is 17.1 Å². The van der Waals surface area contributed by atoms with Crippen LogP contribution in [0.2, 0.25) is 0 Å². The molecule has 6 heteroatoms. The molecule has 1 amide bonds. The summed E-state index contributed by atoms with van der Waals surface area (Å²) in [5.41, 5.74) is 3.76. The van der Waals surface area contributed by atoms with E-state index in [4.69, 9.17) is 0 Å². The molecule has 29 heavy (non-hydrogen) atoms. The average molecular weight is 411 g/mol. The van der Waals surface area contributed by atoms with Crippen molar-refractivity contribution >= 4 is 32.4 Å². The largest absolute Gasteiger partial charge is 0.348 e. The molecule has 0 saturated heterocycles. The zero-order valence-corrected chi connectivity index (χ0v) is 18.0. The smallest absolute Gasteiger partial charge is 0.241 e. The Kier molecular flexibility index (Phi) is 5.94. The lowest BCUT2D eigenvalue weighted by molar-refractivity contribution is -0.120. The van der Waals surface area contributed by atoms with E-state index in [0.717, 1.165) is 33.7 Å². The summed E-state index contributed by atoms with van der Waals surface area (Å²) < 4.78 is 26.2. The molecule has 152 valence electrons. The first-order valence-corrected chi connectivity index (χ1v) is 11.3. The number of nitrogens with zero attached hydrogens (tertiary/aromatic N) is 1. The number of nitrogens with one attached hydrogen (secondary N) is 1. The molecule has 0 aromatic heterocycles. The Balaban J connectivity index is 1.87. The maximum absolute atomic E-state index is 12.8. The first-order valence-electron chi connectivity index (χ1n) is 9.49. The summed E-state index contributed by atoms with van der Waals surface area (Å²) in [6.07, 6.45) is 1.12. The van der Waals surface area contributed by atoms with Crippen molar-refractivity contribution in [2.45, 2.75) is 26.8 Å². The van der Waals surface area contributed by atoms with Crippen molar-refractivity contribution in [2.24, 2.45) is 0 Å². The van der Waals surface area contributed by atoms with Crippen LogP contribution in [0.5, 0.6) is 0 Å². The van der Waals surface area contributed by atoms with Gasteiger partial charge in [-0.3, -0.25) is 9.10 Å². The van der Waals surface area contributed by atoms with Crippen molar-refractivity contribution in [3.05, 3.63) is 77.4 Å². The quantitative estimate of drug-likeness (QED) is 0.665. The van der Waals surface area contributed by atoms with E-state index in [1.807, 2.05) is 63.2 Å². The van der Waals surface area contributed by atoms with Gasteiger partial charge in [-0.2, -0.15) is 0 Å². The minimum absolute atomic E-state index is 0.225. The lowest BCUT2D eigenvalue weighted by Gasteiger charge is -2.25. The topological polar surface area (TPSA) is 66.5 Å². The average Bonchev–Trinajstić information content (AvgIpc) is 2.64. The minimum Gasteiger partial charge on any atom is -0.348 e. The highest BCUT2D eigenvalue weighted by Crippen LogP contribution is 2.28. The third-order valence-electron chi connectivity index (χ3n) is 4.99. The minimum atomic E-state index is -3.65. The van der Waals surface area contributed by atoms with Gasteiger partial charge >= 0.3 is 0 Å². The highest BCUT2D eigenvalue weighted by molar-refractivity contribution is 7.92. The molecule has 1 atom stereocenters. The molecule has 3 aromatic carbocycles. The molecule has 3 aromatic rings. The van der Waals surface area contributed by atoms with Gasteiger partial charge in [0.05, 0.1) is 18.0 Å². The number of hydrogen-bond acceptors (Lipinski definition) is 3. The number of amides is 1. The number of carbonyl (C=O) groups is 1. The van der Waals surface area contributed by atoms with Crippen LogP contribution in [0.1, 0.15) is 29.7 Å². The van der Waals surface area contributed by atoms with Gasteiger partial charge in [0, 0.05) is 5.39 Å². The molecule has 0 saturated carbocycles. The Morgan fingerprint density at radius 2 is 1.72 bits per heavy atom. The number of rotatable bonds is 6. The monoisotopic (exact) mass is 410 g/mol. The van der Waals surface area contributed by atoms with Crippen molar-refractivity contribution in [3.63, 3.8) is 0 Å². The number of hydrogen-bond donors (Lipinski definition) is 1. The summed E-state index contributed by atoms with van der Waals surface area (Å²) in [7, 11) is -3.65. The second-order valence-corrected chi connectivity index (χ2v) is 9.32. The zero-order valence-electron chi connectivity index (χ0n) is 17.1. The second-order valence-electron chi connectivity index (χ2n) is 7.42. The summed E-state index contributed by atoms with van der Waals surface area (Å²) in [5, 5.41) is 4.64. The molecule has 0 aliphatic rings. The lowest BCUT2D eigenvalue weighted by atomic mass is 10.0. The predicted molar refractivity (Wildman–Crippen MR) is 119 cm³/mol. The summed E-state index contributed by atoms with van der Waals surface area (Å²) in [5.74, 6) is -0.351. The number of aryl methyl sites for hydroxylation is 2. The molecule has 0 unspecified atom stereocenters. The van der Waals surface area contributed by atoms with E-state index in [1.165, 1.54) is 4.31 Å². The van der Waals surface area contributed by atoms with Crippen LogP contribution in [0.25, 0.3) is 10.8 Å². The van der Waals surface area contributed by atoms with Gasteiger partial charge in [-0.25, -0.2) is 8.42 Å². The lowest BCUT2D eigenvalue weighted by Crippen LogP contribution is -2.41. The Hall–Kier alpha value is -2.86. The van der Waals surface area contributed by atoms with Gasteiger partial charge in [-0.15, -0.1) is 0 Å². The van der Waals surface area contributed by atoms with Gasteiger partial charge in [-0.05, 0) is 43.4 Å². The van der Waals surface area contributed by atoms with Crippen LogP contribution in [-0.2, 0) is 14.8 Å². The highest BCUT2D eigenvalue weighted by atomic mass is 32.2. The summed E-state index contributed by atoms with van der Waals surface area (Å²) in [4.78, 5) is 12.8. The summed E-state index contributed by atoms with van der Waals surface area (Å²) in [6, 6.07) is 18.8. The van der Waals surface area contributed by atoms with E-state index in [2.05, 4.69) is 11.4 Å². The second kappa shape index (κ2) is 8.25. The predicted octanol–water partition coefficient (Wildman–Crippen LogP) is 4.10. The molecule has 0 aliphatic heterocycles. The fraction of sp³-hybridized carbons (Fsp3) is 0.261. The first kappa shape index (κ1) is 20.9. The molecular weight excluding hydrogens is 384 g/mol.